The normalized spacial score (nSPS) is 14.5. The molecule has 0 atom stereocenters. The zero-order chi connectivity index (χ0) is 12.5. The molecular formula is C14H17N3S. The van der Waals surface area contributed by atoms with E-state index < -0.39 is 0 Å². The summed E-state index contributed by atoms with van der Waals surface area (Å²) in [4.78, 5) is 11.7. The molecule has 18 heavy (non-hydrogen) atoms. The zero-order valence-corrected chi connectivity index (χ0v) is 11.4. The van der Waals surface area contributed by atoms with E-state index in [2.05, 4.69) is 24.0 Å². The fourth-order valence-electron chi connectivity index (χ4n) is 2.42. The maximum Gasteiger partial charge on any atom is 0.171 e. The fourth-order valence-corrected chi connectivity index (χ4v) is 3.30. The van der Waals surface area contributed by atoms with Crippen LogP contribution < -0.4 is 5.73 Å². The van der Waals surface area contributed by atoms with Gasteiger partial charge in [-0.25, -0.2) is 9.97 Å². The molecule has 0 saturated carbocycles. The molecule has 2 aromatic rings. The van der Waals surface area contributed by atoms with E-state index in [1.54, 1.807) is 11.3 Å². The van der Waals surface area contributed by atoms with Crippen molar-refractivity contribution in [1.29, 1.82) is 0 Å². The van der Waals surface area contributed by atoms with Gasteiger partial charge in [-0.15, -0.1) is 11.3 Å². The van der Waals surface area contributed by atoms with Crippen LogP contribution in [0.25, 0.3) is 10.7 Å². The van der Waals surface area contributed by atoms with Crippen molar-refractivity contribution in [2.24, 2.45) is 0 Å². The summed E-state index contributed by atoms with van der Waals surface area (Å²) in [5, 5.41) is 0. The molecule has 0 saturated heterocycles. The maximum atomic E-state index is 6.07. The molecule has 1 aliphatic carbocycles. The molecule has 0 bridgehead atoms. The van der Waals surface area contributed by atoms with Crippen LogP contribution in [0.15, 0.2) is 12.1 Å². The molecule has 2 N–H and O–H groups in total. The van der Waals surface area contributed by atoms with E-state index in [0.29, 0.717) is 5.82 Å². The molecule has 0 amide bonds. The number of fused-ring (bicyclic) bond motifs is 1. The highest BCUT2D eigenvalue weighted by Gasteiger charge is 2.17. The Kier molecular flexibility index (Phi) is 3.04. The van der Waals surface area contributed by atoms with Crippen LogP contribution in [0.4, 0.5) is 5.82 Å². The molecule has 0 radical (unpaired) electrons. The lowest BCUT2D eigenvalue weighted by atomic mass is 9.96. The largest absolute Gasteiger partial charge is 0.383 e. The van der Waals surface area contributed by atoms with Gasteiger partial charge in [-0.3, -0.25) is 0 Å². The number of anilines is 1. The van der Waals surface area contributed by atoms with Gasteiger partial charge < -0.3 is 5.73 Å². The molecule has 1 aliphatic rings. The number of hydrogen-bond donors (Lipinski definition) is 1. The summed E-state index contributed by atoms with van der Waals surface area (Å²) in [5.74, 6) is 1.49. The van der Waals surface area contributed by atoms with Crippen molar-refractivity contribution < 1.29 is 0 Å². The number of rotatable bonds is 2. The molecule has 2 heterocycles. The van der Waals surface area contributed by atoms with Crippen molar-refractivity contribution in [1.82, 2.24) is 9.97 Å². The fraction of sp³-hybridized carbons (Fsp3) is 0.429. The molecule has 2 aromatic heterocycles. The monoisotopic (exact) mass is 259 g/mol. The zero-order valence-electron chi connectivity index (χ0n) is 10.6. The second kappa shape index (κ2) is 4.69. The van der Waals surface area contributed by atoms with Crippen LogP contribution in [0.2, 0.25) is 0 Å². The Bertz CT molecular complexity index is 574. The lowest BCUT2D eigenvalue weighted by Crippen LogP contribution is -2.11. The van der Waals surface area contributed by atoms with Gasteiger partial charge in [0.05, 0.1) is 4.88 Å². The minimum Gasteiger partial charge on any atom is -0.383 e. The highest BCUT2D eigenvalue weighted by molar-refractivity contribution is 7.15. The first kappa shape index (κ1) is 11.7. The predicted octanol–water partition coefficient (Wildman–Crippen LogP) is 3.23. The van der Waals surface area contributed by atoms with Crippen molar-refractivity contribution in [3.63, 3.8) is 0 Å². The molecule has 0 spiro atoms. The van der Waals surface area contributed by atoms with E-state index in [-0.39, 0.29) is 0 Å². The second-order valence-corrected chi connectivity index (χ2v) is 5.85. The number of aryl methyl sites for hydroxylation is 2. The Hall–Kier alpha value is -1.42. The van der Waals surface area contributed by atoms with Crippen LogP contribution in [0.1, 0.15) is 35.9 Å². The van der Waals surface area contributed by atoms with Crippen molar-refractivity contribution in [3.05, 3.63) is 28.3 Å². The Morgan fingerprint density at radius 2 is 2.06 bits per heavy atom. The van der Waals surface area contributed by atoms with E-state index in [0.717, 1.165) is 35.7 Å². The van der Waals surface area contributed by atoms with Gasteiger partial charge in [0, 0.05) is 16.1 Å². The average Bonchev–Trinajstić information content (AvgIpc) is 2.87. The SMILES string of the molecule is CCc1ccc(-c2nc(N)c3c(n2)CCCC3)s1. The molecule has 3 nitrogen and oxygen atoms in total. The van der Waals surface area contributed by atoms with E-state index in [9.17, 15) is 0 Å². The molecule has 0 unspecified atom stereocenters. The van der Waals surface area contributed by atoms with Crippen LogP contribution in [0.5, 0.6) is 0 Å². The lowest BCUT2D eigenvalue weighted by Gasteiger charge is -2.16. The number of nitrogens with two attached hydrogens (primary N) is 1. The summed E-state index contributed by atoms with van der Waals surface area (Å²) in [6, 6.07) is 4.26. The standard InChI is InChI=1S/C14H17N3S/c1-2-9-7-8-12(18-9)14-16-11-6-4-3-5-10(11)13(15)17-14/h7-8H,2-6H2,1H3,(H2,15,16,17). The number of nitrogen functional groups attached to an aromatic ring is 1. The van der Waals surface area contributed by atoms with Gasteiger partial charge in [-0.05, 0) is 44.2 Å². The third-order valence-electron chi connectivity index (χ3n) is 3.45. The first-order chi connectivity index (χ1) is 8.78. The highest BCUT2D eigenvalue weighted by Crippen LogP contribution is 2.30. The third kappa shape index (κ3) is 2.01. The quantitative estimate of drug-likeness (QED) is 0.901. The highest BCUT2D eigenvalue weighted by atomic mass is 32.1. The minimum atomic E-state index is 0.682. The minimum absolute atomic E-state index is 0.682. The van der Waals surface area contributed by atoms with Crippen molar-refractivity contribution in [3.8, 4) is 10.7 Å². The first-order valence-electron chi connectivity index (χ1n) is 6.52. The average molecular weight is 259 g/mol. The molecule has 0 aromatic carbocycles. The first-order valence-corrected chi connectivity index (χ1v) is 7.34. The summed E-state index contributed by atoms with van der Waals surface area (Å²) in [5.41, 5.74) is 8.41. The molecule has 94 valence electrons. The smallest absolute Gasteiger partial charge is 0.171 e. The number of hydrogen-bond acceptors (Lipinski definition) is 4. The van der Waals surface area contributed by atoms with E-state index in [4.69, 9.17) is 10.7 Å². The number of nitrogens with zero attached hydrogens (tertiary/aromatic N) is 2. The molecule has 3 rings (SSSR count). The Balaban J connectivity index is 2.04. The summed E-state index contributed by atoms with van der Waals surface area (Å²) in [6.45, 7) is 2.16. The Morgan fingerprint density at radius 1 is 1.22 bits per heavy atom. The predicted molar refractivity (Wildman–Crippen MR) is 75.8 cm³/mol. The van der Waals surface area contributed by atoms with Gasteiger partial charge in [0.1, 0.15) is 5.82 Å². The summed E-state index contributed by atoms with van der Waals surface area (Å²) < 4.78 is 0. The van der Waals surface area contributed by atoms with Crippen LogP contribution in [-0.2, 0) is 19.3 Å². The molecule has 0 aliphatic heterocycles. The maximum absolute atomic E-state index is 6.07. The van der Waals surface area contributed by atoms with Crippen LogP contribution in [0, 0.1) is 0 Å². The van der Waals surface area contributed by atoms with Crippen molar-refractivity contribution in [2.45, 2.75) is 39.0 Å². The van der Waals surface area contributed by atoms with Crippen LogP contribution >= 0.6 is 11.3 Å². The van der Waals surface area contributed by atoms with Gasteiger partial charge in [0.2, 0.25) is 0 Å². The summed E-state index contributed by atoms with van der Waals surface area (Å²) in [6.07, 6.45) is 5.56. The van der Waals surface area contributed by atoms with Crippen molar-refractivity contribution in [2.75, 3.05) is 5.73 Å². The summed E-state index contributed by atoms with van der Waals surface area (Å²) in [7, 11) is 0. The van der Waals surface area contributed by atoms with E-state index >= 15 is 0 Å². The molecule has 0 fully saturated rings. The van der Waals surface area contributed by atoms with Gasteiger partial charge >= 0.3 is 0 Å². The molecular weight excluding hydrogens is 242 g/mol. The van der Waals surface area contributed by atoms with Crippen LogP contribution in [0.3, 0.4) is 0 Å². The lowest BCUT2D eigenvalue weighted by molar-refractivity contribution is 0.666. The topological polar surface area (TPSA) is 51.8 Å². The summed E-state index contributed by atoms with van der Waals surface area (Å²) >= 11 is 1.76. The van der Waals surface area contributed by atoms with E-state index in [1.807, 2.05) is 0 Å². The Labute approximate surface area is 111 Å². The van der Waals surface area contributed by atoms with E-state index in [1.165, 1.54) is 23.3 Å². The second-order valence-electron chi connectivity index (χ2n) is 4.68. The molecule has 4 heteroatoms. The van der Waals surface area contributed by atoms with Gasteiger partial charge in [0.15, 0.2) is 5.82 Å². The van der Waals surface area contributed by atoms with Gasteiger partial charge in [0.25, 0.3) is 0 Å². The van der Waals surface area contributed by atoms with Crippen molar-refractivity contribution >= 4 is 17.2 Å². The third-order valence-corrected chi connectivity index (χ3v) is 4.67. The Morgan fingerprint density at radius 3 is 2.83 bits per heavy atom. The number of aromatic nitrogens is 2. The van der Waals surface area contributed by atoms with Crippen LogP contribution in [-0.4, -0.2) is 9.97 Å². The van der Waals surface area contributed by atoms with Gasteiger partial charge in [-0.2, -0.15) is 0 Å². The van der Waals surface area contributed by atoms with Gasteiger partial charge in [-0.1, -0.05) is 6.92 Å². The number of thiophene rings is 1.